The quantitative estimate of drug-likeness (QED) is 0.571. The Morgan fingerprint density at radius 3 is 2.44 bits per heavy atom. The van der Waals surface area contributed by atoms with Gasteiger partial charge in [0.2, 0.25) is 0 Å². The maximum absolute atomic E-state index is 9.64. The Morgan fingerprint density at radius 1 is 1.04 bits per heavy atom. The van der Waals surface area contributed by atoms with Crippen LogP contribution in [-0.4, -0.2) is 26.3 Å². The van der Waals surface area contributed by atoms with Crippen molar-refractivity contribution in [3.8, 4) is 34.6 Å². The summed E-state index contributed by atoms with van der Waals surface area (Å²) in [5, 5.41) is 12.2. The lowest BCUT2D eigenvalue weighted by atomic mass is 10.1. The summed E-state index contributed by atoms with van der Waals surface area (Å²) in [5.74, 6) is 1.98. The molecule has 1 aromatic heterocycles. The maximum atomic E-state index is 9.64. The number of hydrogen-bond donors (Lipinski definition) is 0. The molecule has 2 aromatic carbocycles. The zero-order valence-corrected chi connectivity index (χ0v) is 16.0. The van der Waals surface area contributed by atoms with Gasteiger partial charge in [-0.05, 0) is 36.4 Å². The molecule has 0 aliphatic rings. The van der Waals surface area contributed by atoms with Crippen LogP contribution in [0.3, 0.4) is 0 Å². The Morgan fingerprint density at radius 2 is 1.81 bits per heavy atom. The molecule has 0 atom stereocenters. The lowest BCUT2D eigenvalue weighted by Crippen LogP contribution is -1.93. The highest BCUT2D eigenvalue weighted by Crippen LogP contribution is 2.34. The minimum absolute atomic E-state index is 0.464. The summed E-state index contributed by atoms with van der Waals surface area (Å²) in [6, 6.07) is 15.4. The van der Waals surface area contributed by atoms with Gasteiger partial charge in [0.1, 0.15) is 16.8 Å². The lowest BCUT2D eigenvalue weighted by Gasteiger charge is -2.10. The Labute approximate surface area is 162 Å². The number of nitrogens with zero attached hydrogens (tertiary/aromatic N) is 2. The van der Waals surface area contributed by atoms with Crippen molar-refractivity contribution >= 4 is 23.0 Å². The molecule has 0 saturated carbocycles. The molecule has 1 heterocycles. The van der Waals surface area contributed by atoms with E-state index in [0.29, 0.717) is 22.1 Å². The number of nitriles is 1. The van der Waals surface area contributed by atoms with Gasteiger partial charge in [-0.25, -0.2) is 4.98 Å². The highest BCUT2D eigenvalue weighted by Gasteiger charge is 2.13. The molecule has 0 spiro atoms. The van der Waals surface area contributed by atoms with Crippen LogP contribution in [0.4, 0.5) is 0 Å². The van der Waals surface area contributed by atoms with Gasteiger partial charge in [-0.15, -0.1) is 11.3 Å². The fourth-order valence-electron chi connectivity index (χ4n) is 2.61. The van der Waals surface area contributed by atoms with Crippen molar-refractivity contribution in [2.75, 3.05) is 21.3 Å². The van der Waals surface area contributed by atoms with Crippen molar-refractivity contribution in [1.82, 2.24) is 4.98 Å². The van der Waals surface area contributed by atoms with Gasteiger partial charge >= 0.3 is 0 Å². The van der Waals surface area contributed by atoms with Crippen LogP contribution in [0.5, 0.6) is 17.2 Å². The predicted octanol–water partition coefficient (Wildman–Crippen LogP) is 4.90. The third kappa shape index (κ3) is 3.94. The van der Waals surface area contributed by atoms with E-state index in [1.54, 1.807) is 27.4 Å². The van der Waals surface area contributed by atoms with Gasteiger partial charge in [0.25, 0.3) is 0 Å². The van der Waals surface area contributed by atoms with E-state index < -0.39 is 0 Å². The minimum atomic E-state index is 0.464. The summed E-state index contributed by atoms with van der Waals surface area (Å²) >= 11 is 1.42. The summed E-state index contributed by atoms with van der Waals surface area (Å²) < 4.78 is 15.9. The van der Waals surface area contributed by atoms with Gasteiger partial charge in [-0.2, -0.15) is 5.26 Å². The number of methoxy groups -OCH3 is 3. The summed E-state index contributed by atoms with van der Waals surface area (Å²) in [6.07, 6.45) is 1.76. The van der Waals surface area contributed by atoms with Crippen molar-refractivity contribution in [3.05, 3.63) is 58.4 Å². The third-order valence-electron chi connectivity index (χ3n) is 3.97. The lowest BCUT2D eigenvalue weighted by molar-refractivity contribution is 0.354. The Kier molecular flexibility index (Phi) is 5.74. The van der Waals surface area contributed by atoms with Crippen LogP contribution in [0.2, 0.25) is 0 Å². The van der Waals surface area contributed by atoms with Crippen molar-refractivity contribution in [1.29, 1.82) is 5.26 Å². The van der Waals surface area contributed by atoms with E-state index in [-0.39, 0.29) is 0 Å². The number of benzene rings is 2. The smallest absolute Gasteiger partial charge is 0.167 e. The van der Waals surface area contributed by atoms with Crippen LogP contribution >= 0.6 is 11.3 Å². The fourth-order valence-corrected chi connectivity index (χ4v) is 3.41. The molecule has 0 amide bonds. The Hall–Kier alpha value is -3.30. The summed E-state index contributed by atoms with van der Waals surface area (Å²) in [6.45, 7) is 0. The van der Waals surface area contributed by atoms with Crippen molar-refractivity contribution in [3.63, 3.8) is 0 Å². The second-order valence-electron chi connectivity index (χ2n) is 5.52. The molecule has 5 nitrogen and oxygen atoms in total. The Bertz CT molecular complexity index is 1000. The van der Waals surface area contributed by atoms with Gasteiger partial charge in [-0.3, -0.25) is 0 Å². The standard InChI is InChI=1S/C21H18N2O3S/c1-24-17-9-7-14(8-10-17)18-13-27-21(23-18)16(12-22)11-15-5-4-6-19(25-2)20(15)26-3/h4-11,13H,1-3H3. The second-order valence-corrected chi connectivity index (χ2v) is 6.38. The molecule has 0 bridgehead atoms. The number of ether oxygens (including phenoxy) is 3. The summed E-state index contributed by atoms with van der Waals surface area (Å²) in [5.41, 5.74) is 3.01. The molecule has 0 N–H and O–H groups in total. The summed E-state index contributed by atoms with van der Waals surface area (Å²) in [4.78, 5) is 4.62. The Balaban J connectivity index is 1.96. The molecule has 6 heteroatoms. The largest absolute Gasteiger partial charge is 0.497 e. The molecule has 0 saturated heterocycles. The van der Waals surface area contributed by atoms with Crippen LogP contribution in [-0.2, 0) is 0 Å². The normalized spacial score (nSPS) is 11.0. The number of thiazole rings is 1. The van der Waals surface area contributed by atoms with E-state index in [1.807, 2.05) is 47.8 Å². The van der Waals surface area contributed by atoms with Crippen molar-refractivity contribution < 1.29 is 14.2 Å². The van der Waals surface area contributed by atoms with E-state index >= 15 is 0 Å². The minimum Gasteiger partial charge on any atom is -0.497 e. The van der Waals surface area contributed by atoms with E-state index in [0.717, 1.165) is 22.6 Å². The van der Waals surface area contributed by atoms with Crippen molar-refractivity contribution in [2.45, 2.75) is 0 Å². The summed E-state index contributed by atoms with van der Waals surface area (Å²) in [7, 11) is 4.79. The molecule has 0 radical (unpaired) electrons. The van der Waals surface area contributed by atoms with E-state index in [4.69, 9.17) is 14.2 Å². The zero-order valence-electron chi connectivity index (χ0n) is 15.2. The van der Waals surface area contributed by atoms with E-state index in [9.17, 15) is 5.26 Å². The molecular weight excluding hydrogens is 360 g/mol. The SMILES string of the molecule is COc1ccc(-c2csc(C(C#N)=Cc3cccc(OC)c3OC)n2)cc1. The number of rotatable bonds is 6. The first-order chi connectivity index (χ1) is 13.2. The third-order valence-corrected chi connectivity index (χ3v) is 4.85. The molecule has 0 unspecified atom stereocenters. The average Bonchev–Trinajstić information content (AvgIpc) is 3.21. The number of hydrogen-bond acceptors (Lipinski definition) is 6. The molecule has 3 rings (SSSR count). The fraction of sp³-hybridized carbons (Fsp3) is 0.143. The second kappa shape index (κ2) is 8.39. The first-order valence-corrected chi connectivity index (χ1v) is 9.01. The van der Waals surface area contributed by atoms with Gasteiger partial charge in [-0.1, -0.05) is 12.1 Å². The van der Waals surface area contributed by atoms with Crippen LogP contribution in [0.1, 0.15) is 10.6 Å². The van der Waals surface area contributed by atoms with Crippen molar-refractivity contribution in [2.24, 2.45) is 0 Å². The topological polar surface area (TPSA) is 64.4 Å². The number of allylic oxidation sites excluding steroid dienone is 1. The first kappa shape index (κ1) is 18.5. The van der Waals surface area contributed by atoms with Crippen LogP contribution in [0.15, 0.2) is 47.8 Å². The molecular formula is C21H18N2O3S. The van der Waals surface area contributed by atoms with Gasteiger partial charge < -0.3 is 14.2 Å². The van der Waals surface area contributed by atoms with Crippen LogP contribution in [0.25, 0.3) is 22.9 Å². The highest BCUT2D eigenvalue weighted by molar-refractivity contribution is 7.11. The molecule has 0 aliphatic carbocycles. The van der Waals surface area contributed by atoms with Gasteiger partial charge in [0.15, 0.2) is 11.5 Å². The predicted molar refractivity (Wildman–Crippen MR) is 107 cm³/mol. The first-order valence-electron chi connectivity index (χ1n) is 8.13. The average molecular weight is 378 g/mol. The monoisotopic (exact) mass is 378 g/mol. The molecule has 0 aliphatic heterocycles. The van der Waals surface area contributed by atoms with E-state index in [1.165, 1.54) is 11.3 Å². The molecule has 136 valence electrons. The van der Waals surface area contributed by atoms with E-state index in [2.05, 4.69) is 11.1 Å². The molecule has 3 aromatic rings. The maximum Gasteiger partial charge on any atom is 0.167 e. The number of aromatic nitrogens is 1. The number of para-hydroxylation sites is 1. The zero-order chi connectivity index (χ0) is 19.2. The molecule has 27 heavy (non-hydrogen) atoms. The molecule has 0 fully saturated rings. The van der Waals surface area contributed by atoms with Crippen LogP contribution < -0.4 is 14.2 Å². The van der Waals surface area contributed by atoms with Gasteiger partial charge in [0, 0.05) is 16.5 Å². The van der Waals surface area contributed by atoms with Gasteiger partial charge in [0.05, 0.1) is 32.6 Å². The highest BCUT2D eigenvalue weighted by atomic mass is 32.1. The van der Waals surface area contributed by atoms with Crippen LogP contribution in [0, 0.1) is 11.3 Å².